The van der Waals surface area contributed by atoms with Crippen LogP contribution in [0.25, 0.3) is 10.9 Å². The highest BCUT2D eigenvalue weighted by atomic mass is 16.1. The molecule has 3 saturated carbocycles. The molecule has 3 fully saturated rings. The molecule has 3 heteroatoms. The second-order valence-electron chi connectivity index (χ2n) is 6.95. The number of nitrogens with one attached hydrogen (secondary N) is 1. The van der Waals surface area contributed by atoms with Gasteiger partial charge < -0.3 is 4.98 Å². The van der Waals surface area contributed by atoms with Gasteiger partial charge in [-0.15, -0.1) is 0 Å². The summed E-state index contributed by atoms with van der Waals surface area (Å²) in [6, 6.07) is 7.67. The lowest BCUT2D eigenvalue weighted by Crippen LogP contribution is -2.09. The Morgan fingerprint density at radius 2 is 2.00 bits per heavy atom. The second kappa shape index (κ2) is 3.76. The maximum atomic E-state index is 12.9. The molecular weight excluding hydrogens is 260 g/mol. The van der Waals surface area contributed by atoms with Crippen LogP contribution >= 0.6 is 0 Å². The smallest absolute Gasteiger partial charge is 0.168 e. The maximum absolute atomic E-state index is 12.9. The Labute approximate surface area is 123 Å². The van der Waals surface area contributed by atoms with E-state index >= 15 is 0 Å². The van der Waals surface area contributed by atoms with Crippen LogP contribution in [0.15, 0.2) is 24.4 Å². The average molecular weight is 276 g/mol. The van der Waals surface area contributed by atoms with Crippen LogP contribution in [0.2, 0.25) is 0 Å². The van der Waals surface area contributed by atoms with Gasteiger partial charge in [-0.2, -0.15) is 5.26 Å². The fourth-order valence-corrected chi connectivity index (χ4v) is 5.25. The number of aromatic amines is 1. The summed E-state index contributed by atoms with van der Waals surface area (Å²) < 4.78 is 0. The van der Waals surface area contributed by atoms with Crippen molar-refractivity contribution in [2.75, 3.05) is 0 Å². The van der Waals surface area contributed by atoms with Crippen molar-refractivity contribution in [1.29, 1.82) is 5.26 Å². The molecular formula is C18H16N2O. The third-order valence-corrected chi connectivity index (χ3v) is 6.11. The van der Waals surface area contributed by atoms with Gasteiger partial charge in [0.1, 0.15) is 0 Å². The Hall–Kier alpha value is -2.08. The number of hydrogen-bond acceptors (Lipinski definition) is 2. The number of fused-ring (bicyclic) bond motifs is 6. The van der Waals surface area contributed by atoms with Gasteiger partial charge in [-0.3, -0.25) is 4.79 Å². The Morgan fingerprint density at radius 1 is 1.24 bits per heavy atom. The van der Waals surface area contributed by atoms with Crippen LogP contribution in [0.1, 0.15) is 35.2 Å². The van der Waals surface area contributed by atoms with Crippen LogP contribution in [0, 0.1) is 40.9 Å². The lowest BCUT2D eigenvalue weighted by molar-refractivity contribution is 0.0946. The van der Waals surface area contributed by atoms with Crippen molar-refractivity contribution < 1.29 is 4.79 Å². The predicted octanol–water partition coefficient (Wildman–Crippen LogP) is 3.51. The monoisotopic (exact) mass is 276 g/mol. The third-order valence-electron chi connectivity index (χ3n) is 6.11. The molecule has 4 atom stereocenters. The number of ketones is 1. The highest BCUT2D eigenvalue weighted by Gasteiger charge is 2.67. The molecule has 0 radical (unpaired) electrons. The molecule has 0 saturated heterocycles. The quantitative estimate of drug-likeness (QED) is 0.853. The molecule has 3 nitrogen and oxygen atoms in total. The molecule has 0 amide bonds. The minimum Gasteiger partial charge on any atom is -0.360 e. The molecule has 2 bridgehead atoms. The SMILES string of the molecule is N#Cc1ccc2c(C(=O)C3C4C5CCC(C5)C34)c[nH]c2c1. The molecule has 1 heterocycles. The summed E-state index contributed by atoms with van der Waals surface area (Å²) in [4.78, 5) is 16.0. The molecule has 21 heavy (non-hydrogen) atoms. The summed E-state index contributed by atoms with van der Waals surface area (Å²) in [6.07, 6.45) is 5.90. The summed E-state index contributed by atoms with van der Waals surface area (Å²) in [6.45, 7) is 0. The predicted molar refractivity (Wildman–Crippen MR) is 78.6 cm³/mol. The number of aromatic nitrogens is 1. The van der Waals surface area contributed by atoms with E-state index in [1.807, 2.05) is 18.3 Å². The first-order chi connectivity index (χ1) is 10.3. The van der Waals surface area contributed by atoms with E-state index in [1.54, 1.807) is 6.07 Å². The van der Waals surface area contributed by atoms with Gasteiger partial charge in [0.15, 0.2) is 5.78 Å². The van der Waals surface area contributed by atoms with Crippen LogP contribution in [0.5, 0.6) is 0 Å². The van der Waals surface area contributed by atoms with E-state index in [-0.39, 0.29) is 5.92 Å². The number of benzene rings is 1. The number of H-pyrrole nitrogens is 1. The topological polar surface area (TPSA) is 56.6 Å². The van der Waals surface area contributed by atoms with Crippen molar-refractivity contribution in [2.24, 2.45) is 29.6 Å². The van der Waals surface area contributed by atoms with Crippen LogP contribution in [0.4, 0.5) is 0 Å². The Morgan fingerprint density at radius 3 is 2.71 bits per heavy atom. The number of carbonyl (C=O) groups excluding carboxylic acids is 1. The summed E-state index contributed by atoms with van der Waals surface area (Å²) >= 11 is 0. The van der Waals surface area contributed by atoms with Crippen LogP contribution in [0.3, 0.4) is 0 Å². The molecule has 3 aliphatic rings. The van der Waals surface area contributed by atoms with Crippen molar-refractivity contribution >= 4 is 16.7 Å². The van der Waals surface area contributed by atoms with Gasteiger partial charge in [0.2, 0.25) is 0 Å². The molecule has 1 aromatic carbocycles. The van der Waals surface area contributed by atoms with E-state index < -0.39 is 0 Å². The molecule has 0 aliphatic heterocycles. The molecule has 104 valence electrons. The van der Waals surface area contributed by atoms with Crippen molar-refractivity contribution in [1.82, 2.24) is 4.98 Å². The van der Waals surface area contributed by atoms with E-state index in [9.17, 15) is 4.79 Å². The first-order valence-electron chi connectivity index (χ1n) is 7.83. The van der Waals surface area contributed by atoms with E-state index in [0.717, 1.165) is 28.3 Å². The maximum Gasteiger partial charge on any atom is 0.168 e. The fraction of sp³-hybridized carbons (Fsp3) is 0.444. The van der Waals surface area contributed by atoms with Gasteiger partial charge in [0, 0.05) is 28.6 Å². The zero-order chi connectivity index (χ0) is 14.1. The Kier molecular flexibility index (Phi) is 2.07. The number of nitriles is 1. The van der Waals surface area contributed by atoms with Crippen molar-refractivity contribution in [2.45, 2.75) is 19.3 Å². The van der Waals surface area contributed by atoms with Gasteiger partial charge in [0.25, 0.3) is 0 Å². The molecule has 0 spiro atoms. The Balaban J connectivity index is 1.51. The first-order valence-corrected chi connectivity index (χ1v) is 7.83. The van der Waals surface area contributed by atoms with Gasteiger partial charge in [-0.25, -0.2) is 0 Å². The lowest BCUT2D eigenvalue weighted by atomic mass is 9.96. The summed E-state index contributed by atoms with van der Waals surface area (Å²) in [7, 11) is 0. The molecule has 2 aromatic rings. The van der Waals surface area contributed by atoms with Crippen LogP contribution in [-0.2, 0) is 0 Å². The largest absolute Gasteiger partial charge is 0.360 e. The molecule has 3 aliphatic carbocycles. The highest BCUT2D eigenvalue weighted by Crippen LogP contribution is 2.70. The zero-order valence-corrected chi connectivity index (χ0v) is 11.7. The van der Waals surface area contributed by atoms with Crippen molar-refractivity contribution in [3.8, 4) is 6.07 Å². The summed E-state index contributed by atoms with van der Waals surface area (Å²) in [5, 5.41) is 9.92. The number of carbonyl (C=O) groups is 1. The highest BCUT2D eigenvalue weighted by molar-refractivity contribution is 6.10. The molecule has 4 unspecified atom stereocenters. The van der Waals surface area contributed by atoms with Crippen LogP contribution < -0.4 is 0 Å². The van der Waals surface area contributed by atoms with Gasteiger partial charge in [-0.05, 0) is 55.1 Å². The van der Waals surface area contributed by atoms with Gasteiger partial charge >= 0.3 is 0 Å². The van der Waals surface area contributed by atoms with E-state index in [2.05, 4.69) is 11.1 Å². The number of hydrogen-bond donors (Lipinski definition) is 1. The summed E-state index contributed by atoms with van der Waals surface area (Å²) in [5.74, 6) is 3.62. The molecule has 5 rings (SSSR count). The number of Topliss-reactive ketones (excluding diaryl/α,β-unsaturated/α-hetero) is 1. The first kappa shape index (κ1) is 11.6. The fourth-order valence-electron chi connectivity index (χ4n) is 5.25. The standard InChI is InChI=1S/C18H16N2O/c19-7-9-1-4-12-13(8-20-14(12)5-9)18(21)17-15-10-2-3-11(6-10)16(15)17/h1,4-5,8,10-11,15-17,20H,2-3,6H2. The second-order valence-corrected chi connectivity index (χ2v) is 6.95. The van der Waals surface area contributed by atoms with E-state index in [0.29, 0.717) is 23.2 Å². The number of rotatable bonds is 2. The Bertz CT molecular complexity index is 796. The van der Waals surface area contributed by atoms with E-state index in [1.165, 1.54) is 19.3 Å². The lowest BCUT2D eigenvalue weighted by Gasteiger charge is -2.07. The minimum absolute atomic E-state index is 0.283. The van der Waals surface area contributed by atoms with Crippen LogP contribution in [-0.4, -0.2) is 10.8 Å². The average Bonchev–Trinajstić information content (AvgIpc) is 2.85. The minimum atomic E-state index is 0.283. The van der Waals surface area contributed by atoms with Gasteiger partial charge in [-0.1, -0.05) is 6.07 Å². The normalized spacial score (nSPS) is 35.7. The van der Waals surface area contributed by atoms with Gasteiger partial charge in [0.05, 0.1) is 11.6 Å². The van der Waals surface area contributed by atoms with Crippen molar-refractivity contribution in [3.05, 3.63) is 35.5 Å². The van der Waals surface area contributed by atoms with E-state index in [4.69, 9.17) is 5.26 Å². The zero-order valence-electron chi connectivity index (χ0n) is 11.7. The third kappa shape index (κ3) is 1.40. The summed E-state index contributed by atoms with van der Waals surface area (Å²) in [5.41, 5.74) is 2.35. The molecule has 1 N–H and O–H groups in total. The molecule has 1 aromatic heterocycles. The van der Waals surface area contributed by atoms with Crippen molar-refractivity contribution in [3.63, 3.8) is 0 Å². The number of nitrogens with zero attached hydrogens (tertiary/aromatic N) is 1.